The fourth-order valence-electron chi connectivity index (χ4n) is 2.04. The maximum Gasteiger partial charge on any atom is 0.0328 e. The zero-order chi connectivity index (χ0) is 10.7. The molecule has 0 radical (unpaired) electrons. The highest BCUT2D eigenvalue weighted by molar-refractivity contribution is 9.10. The average molecular weight is 289 g/mol. The molecule has 1 saturated heterocycles. The lowest BCUT2D eigenvalue weighted by Crippen LogP contribution is -2.40. The summed E-state index contributed by atoms with van der Waals surface area (Å²) in [7, 11) is 2.07. The quantitative estimate of drug-likeness (QED) is 0.920. The Morgan fingerprint density at radius 2 is 2.27 bits per heavy atom. The second-order valence-corrected chi connectivity index (χ2v) is 5.98. The van der Waals surface area contributed by atoms with Gasteiger partial charge < -0.3 is 5.32 Å². The summed E-state index contributed by atoms with van der Waals surface area (Å²) in [5, 5.41) is 5.52. The maximum absolute atomic E-state index is 3.50. The summed E-state index contributed by atoms with van der Waals surface area (Å²) < 4.78 is 1.22. The molecule has 0 spiro atoms. The first kappa shape index (κ1) is 11.6. The van der Waals surface area contributed by atoms with Crippen LogP contribution in [0.3, 0.4) is 0 Å². The van der Waals surface area contributed by atoms with E-state index in [0.29, 0.717) is 0 Å². The Balaban J connectivity index is 1.82. The molecule has 1 aromatic heterocycles. The third-order valence-corrected chi connectivity index (χ3v) is 4.68. The van der Waals surface area contributed by atoms with Gasteiger partial charge in [-0.15, -0.1) is 11.3 Å². The third kappa shape index (κ3) is 3.28. The van der Waals surface area contributed by atoms with E-state index in [2.05, 4.69) is 44.6 Å². The average Bonchev–Trinajstić information content (AvgIpc) is 2.65. The number of thiophene rings is 1. The van der Waals surface area contributed by atoms with Crippen molar-refractivity contribution in [3.8, 4) is 0 Å². The van der Waals surface area contributed by atoms with Gasteiger partial charge in [0.2, 0.25) is 0 Å². The molecule has 2 nitrogen and oxygen atoms in total. The van der Waals surface area contributed by atoms with Gasteiger partial charge in [-0.05, 0) is 55.0 Å². The van der Waals surface area contributed by atoms with Crippen LogP contribution in [0.5, 0.6) is 0 Å². The van der Waals surface area contributed by atoms with Gasteiger partial charge in [-0.2, -0.15) is 0 Å². The number of nitrogens with one attached hydrogen (secondary N) is 1. The highest BCUT2D eigenvalue weighted by Crippen LogP contribution is 2.22. The molecular formula is C11H17BrN2S. The fraction of sp³-hybridized carbons (Fsp3) is 0.636. The lowest BCUT2D eigenvalue weighted by atomic mass is 10.1. The summed E-state index contributed by atoms with van der Waals surface area (Å²) in [6, 6.07) is 2.96. The number of nitrogens with zero attached hydrogens (tertiary/aromatic N) is 1. The molecule has 1 fully saturated rings. The van der Waals surface area contributed by atoms with Gasteiger partial charge in [-0.3, -0.25) is 4.90 Å². The predicted octanol–water partition coefficient (Wildman–Crippen LogP) is 2.69. The van der Waals surface area contributed by atoms with E-state index in [1.807, 2.05) is 11.3 Å². The molecule has 0 atom stereocenters. The van der Waals surface area contributed by atoms with Crippen LogP contribution < -0.4 is 5.32 Å². The molecule has 2 rings (SSSR count). The number of rotatable bonds is 3. The minimum Gasteiger partial charge on any atom is -0.317 e. The summed E-state index contributed by atoms with van der Waals surface area (Å²) in [6.45, 7) is 3.56. The Morgan fingerprint density at radius 1 is 1.53 bits per heavy atom. The molecule has 1 aliphatic rings. The SMILES string of the molecule is CNC1CCN(Cc2cc(Br)cs2)CC1. The Morgan fingerprint density at radius 3 is 2.80 bits per heavy atom. The highest BCUT2D eigenvalue weighted by atomic mass is 79.9. The van der Waals surface area contributed by atoms with Crippen LogP contribution in [0.25, 0.3) is 0 Å². The van der Waals surface area contributed by atoms with E-state index >= 15 is 0 Å². The van der Waals surface area contributed by atoms with Gasteiger partial charge in [0.25, 0.3) is 0 Å². The van der Waals surface area contributed by atoms with Crippen molar-refractivity contribution in [2.75, 3.05) is 20.1 Å². The van der Waals surface area contributed by atoms with Gasteiger partial charge in [0, 0.05) is 27.3 Å². The Labute approximate surface area is 104 Å². The second kappa shape index (κ2) is 5.43. The van der Waals surface area contributed by atoms with Crippen LogP contribution >= 0.6 is 27.3 Å². The smallest absolute Gasteiger partial charge is 0.0328 e. The van der Waals surface area contributed by atoms with Crippen LogP contribution in [0.2, 0.25) is 0 Å². The van der Waals surface area contributed by atoms with E-state index in [4.69, 9.17) is 0 Å². The van der Waals surface area contributed by atoms with Crippen molar-refractivity contribution in [3.63, 3.8) is 0 Å². The molecule has 0 bridgehead atoms. The second-order valence-electron chi connectivity index (χ2n) is 4.07. The Bertz CT molecular complexity index is 305. The van der Waals surface area contributed by atoms with E-state index in [9.17, 15) is 0 Å². The number of likely N-dealkylation sites (tertiary alicyclic amines) is 1. The van der Waals surface area contributed by atoms with E-state index < -0.39 is 0 Å². The maximum atomic E-state index is 3.50. The monoisotopic (exact) mass is 288 g/mol. The number of hydrogen-bond donors (Lipinski definition) is 1. The predicted molar refractivity (Wildman–Crippen MR) is 69.4 cm³/mol. The van der Waals surface area contributed by atoms with Crippen molar-refractivity contribution in [3.05, 3.63) is 20.8 Å². The molecule has 0 aromatic carbocycles. The lowest BCUT2D eigenvalue weighted by molar-refractivity contribution is 0.196. The molecule has 2 heterocycles. The molecule has 15 heavy (non-hydrogen) atoms. The zero-order valence-electron chi connectivity index (χ0n) is 9.00. The van der Waals surface area contributed by atoms with E-state index in [0.717, 1.165) is 12.6 Å². The van der Waals surface area contributed by atoms with Crippen molar-refractivity contribution >= 4 is 27.3 Å². The Hall–Kier alpha value is 0.1000. The molecule has 0 saturated carbocycles. The van der Waals surface area contributed by atoms with E-state index in [1.54, 1.807) is 0 Å². The standard InChI is InChI=1S/C11H17BrN2S/c1-13-10-2-4-14(5-3-10)7-11-6-9(12)8-15-11/h6,8,10,13H,2-5,7H2,1H3. The summed E-state index contributed by atoms with van der Waals surface area (Å²) in [6.07, 6.45) is 2.56. The molecule has 0 unspecified atom stereocenters. The van der Waals surface area contributed by atoms with Gasteiger partial charge in [0.05, 0.1) is 0 Å². The fourth-order valence-corrected chi connectivity index (χ4v) is 3.53. The van der Waals surface area contributed by atoms with Crippen LogP contribution in [0.15, 0.2) is 15.9 Å². The molecule has 84 valence electrons. The molecule has 1 aromatic rings. The summed E-state index contributed by atoms with van der Waals surface area (Å²) in [4.78, 5) is 4.01. The first-order chi connectivity index (χ1) is 7.28. The van der Waals surface area contributed by atoms with Gasteiger partial charge in [0.15, 0.2) is 0 Å². The van der Waals surface area contributed by atoms with Crippen molar-refractivity contribution in [2.24, 2.45) is 0 Å². The normalized spacial score (nSPS) is 19.6. The van der Waals surface area contributed by atoms with Gasteiger partial charge in [-0.25, -0.2) is 0 Å². The zero-order valence-corrected chi connectivity index (χ0v) is 11.4. The topological polar surface area (TPSA) is 15.3 Å². The summed E-state index contributed by atoms with van der Waals surface area (Å²) in [5.74, 6) is 0. The first-order valence-electron chi connectivity index (χ1n) is 5.40. The number of hydrogen-bond acceptors (Lipinski definition) is 3. The summed E-state index contributed by atoms with van der Waals surface area (Å²) in [5.41, 5.74) is 0. The number of halogens is 1. The van der Waals surface area contributed by atoms with Crippen LogP contribution in [0.1, 0.15) is 17.7 Å². The van der Waals surface area contributed by atoms with Crippen LogP contribution in [-0.4, -0.2) is 31.1 Å². The lowest BCUT2D eigenvalue weighted by Gasteiger charge is -2.31. The third-order valence-electron chi connectivity index (χ3n) is 3.00. The van der Waals surface area contributed by atoms with Gasteiger partial charge in [-0.1, -0.05) is 0 Å². The van der Waals surface area contributed by atoms with Crippen LogP contribution in [0.4, 0.5) is 0 Å². The largest absolute Gasteiger partial charge is 0.317 e. The van der Waals surface area contributed by atoms with Crippen molar-refractivity contribution in [1.82, 2.24) is 10.2 Å². The minimum atomic E-state index is 0.733. The van der Waals surface area contributed by atoms with Crippen molar-refractivity contribution in [1.29, 1.82) is 0 Å². The molecule has 0 aliphatic carbocycles. The van der Waals surface area contributed by atoms with Crippen molar-refractivity contribution in [2.45, 2.75) is 25.4 Å². The van der Waals surface area contributed by atoms with Gasteiger partial charge in [0.1, 0.15) is 0 Å². The Kier molecular flexibility index (Phi) is 4.20. The minimum absolute atomic E-state index is 0.733. The van der Waals surface area contributed by atoms with Crippen LogP contribution in [-0.2, 0) is 6.54 Å². The molecule has 1 aliphatic heterocycles. The highest BCUT2D eigenvalue weighted by Gasteiger charge is 2.17. The first-order valence-corrected chi connectivity index (χ1v) is 7.07. The number of piperidine rings is 1. The molecular weight excluding hydrogens is 272 g/mol. The summed E-state index contributed by atoms with van der Waals surface area (Å²) >= 11 is 5.35. The molecule has 0 amide bonds. The molecule has 4 heteroatoms. The van der Waals surface area contributed by atoms with E-state index in [1.165, 1.54) is 35.3 Å². The van der Waals surface area contributed by atoms with E-state index in [-0.39, 0.29) is 0 Å². The van der Waals surface area contributed by atoms with Crippen molar-refractivity contribution < 1.29 is 0 Å². The van der Waals surface area contributed by atoms with Crippen LogP contribution in [0, 0.1) is 0 Å². The molecule has 1 N–H and O–H groups in total. The van der Waals surface area contributed by atoms with Gasteiger partial charge >= 0.3 is 0 Å².